The monoisotopic (exact) mass is 421 g/mol. The first-order valence-corrected chi connectivity index (χ1v) is 10.0. The summed E-state index contributed by atoms with van der Waals surface area (Å²) in [5.74, 6) is 2.45. The van der Waals surface area contributed by atoms with Crippen molar-refractivity contribution >= 4 is 11.6 Å². The molecule has 2 heterocycles. The second-order valence-corrected chi connectivity index (χ2v) is 7.62. The molecule has 0 bridgehead atoms. The van der Waals surface area contributed by atoms with Crippen LogP contribution in [0, 0.1) is 22.5 Å². The lowest BCUT2D eigenvalue weighted by atomic mass is 9.79. The first kappa shape index (κ1) is 20.7. The summed E-state index contributed by atoms with van der Waals surface area (Å²) < 4.78 is 11.2. The van der Waals surface area contributed by atoms with Gasteiger partial charge in [-0.2, -0.15) is 0 Å². The van der Waals surface area contributed by atoms with Crippen molar-refractivity contribution in [3.05, 3.63) is 63.7 Å². The second-order valence-electron chi connectivity index (χ2n) is 7.62. The quantitative estimate of drug-likeness (QED) is 0.438. The maximum Gasteiger partial charge on any atom is 0.256 e. The molecule has 1 spiro atoms. The van der Waals surface area contributed by atoms with Crippen molar-refractivity contribution in [3.8, 4) is 23.8 Å². The molecule has 160 valence electrons. The lowest BCUT2D eigenvalue weighted by Gasteiger charge is -2.30. The van der Waals surface area contributed by atoms with Gasteiger partial charge in [0.05, 0.1) is 12.5 Å². The molecule has 8 nitrogen and oxygen atoms in total. The second kappa shape index (κ2) is 7.93. The Morgan fingerprint density at radius 2 is 2.06 bits per heavy atom. The van der Waals surface area contributed by atoms with E-state index < -0.39 is 17.5 Å². The first-order valence-electron chi connectivity index (χ1n) is 10.0. The van der Waals surface area contributed by atoms with Gasteiger partial charge in [0.15, 0.2) is 17.0 Å². The number of hydrogen-bond acceptors (Lipinski definition) is 6. The Kier molecular flexibility index (Phi) is 5.29. The smallest absolute Gasteiger partial charge is 0.256 e. The van der Waals surface area contributed by atoms with Crippen molar-refractivity contribution in [3.63, 3.8) is 0 Å². The molecule has 31 heavy (non-hydrogen) atoms. The number of likely N-dealkylation sites (tertiary alicyclic amines) is 1. The van der Waals surface area contributed by atoms with E-state index in [1.807, 2.05) is 6.92 Å². The number of para-hydroxylation sites is 1. The number of nitrogens with one attached hydrogen (secondary N) is 1. The highest BCUT2D eigenvalue weighted by Crippen LogP contribution is 2.52. The Labute approximate surface area is 180 Å². The fraction of sp³-hybridized carbons (Fsp3) is 0.348. The van der Waals surface area contributed by atoms with Gasteiger partial charge in [-0.25, -0.2) is 0 Å². The normalized spacial score (nSPS) is 24.5. The topological polar surface area (TPSA) is 93.9 Å². The molecule has 8 heteroatoms. The van der Waals surface area contributed by atoms with Crippen LogP contribution in [0.1, 0.15) is 24.0 Å². The molecule has 4 rings (SSSR count). The van der Waals surface area contributed by atoms with E-state index in [0.717, 1.165) is 0 Å². The predicted molar refractivity (Wildman–Crippen MR) is 115 cm³/mol. The number of carbonyl (C=O) groups excluding carboxylic acids is 1. The third-order valence-corrected chi connectivity index (χ3v) is 6.05. The molecule has 0 aliphatic carbocycles. The number of nitro groups is 1. The zero-order valence-corrected chi connectivity index (χ0v) is 17.3. The van der Waals surface area contributed by atoms with Gasteiger partial charge in [-0.3, -0.25) is 19.8 Å². The highest BCUT2D eigenvalue weighted by Gasteiger charge is 2.68. The van der Waals surface area contributed by atoms with E-state index in [0.29, 0.717) is 41.5 Å². The van der Waals surface area contributed by atoms with Crippen LogP contribution in [0.3, 0.4) is 0 Å². The summed E-state index contributed by atoms with van der Waals surface area (Å²) in [7, 11) is 1.76. The zero-order valence-electron chi connectivity index (χ0n) is 17.3. The summed E-state index contributed by atoms with van der Waals surface area (Å²) in [6, 6.07) is 11.2. The molecule has 2 aliphatic heterocycles. The number of nitrogens with zero attached hydrogens (tertiary/aromatic N) is 2. The third-order valence-electron chi connectivity index (χ3n) is 6.05. The van der Waals surface area contributed by atoms with Crippen LogP contribution in [0.5, 0.6) is 11.5 Å². The van der Waals surface area contributed by atoms with Crippen molar-refractivity contribution in [1.82, 2.24) is 4.90 Å². The molecule has 0 saturated carbocycles. The van der Waals surface area contributed by atoms with E-state index in [9.17, 15) is 14.9 Å². The Hall–Kier alpha value is -3.57. The van der Waals surface area contributed by atoms with Crippen LogP contribution in [0.4, 0.5) is 5.69 Å². The number of terminal acetylenes is 1. The van der Waals surface area contributed by atoms with Crippen LogP contribution in [-0.2, 0) is 10.3 Å². The number of fused-ring (bicyclic) bond motifs is 2. The van der Waals surface area contributed by atoms with Crippen molar-refractivity contribution in [2.24, 2.45) is 0 Å². The maximum atomic E-state index is 13.2. The molecular weight excluding hydrogens is 398 g/mol. The van der Waals surface area contributed by atoms with Crippen LogP contribution < -0.4 is 14.8 Å². The largest absolute Gasteiger partial charge is 0.490 e. The standard InChI is InChI=1S/C23H23N3O5/c1-4-12-31-19-11-10-15(13-20(19)30-5-2)16-14-25(3)23(21(16)26(28)29)17-8-6-7-9-18(17)24-22(23)27/h1,6-11,13,16,21H,5,12,14H2,2-3H3,(H,24,27)/t16-,21+,23-/m0/s1. The SMILES string of the molecule is C#CCOc1ccc([C@@H]2CN(C)[C@]3(C(=O)Nc4ccccc43)[C@@H]2[N+](=O)[O-])cc1OCC. The third kappa shape index (κ3) is 3.09. The number of likely N-dealkylation sites (N-methyl/N-ethyl adjacent to an activating group) is 1. The summed E-state index contributed by atoms with van der Waals surface area (Å²) in [6.45, 7) is 2.67. The average molecular weight is 421 g/mol. The number of carbonyl (C=O) groups is 1. The molecule has 1 amide bonds. The summed E-state index contributed by atoms with van der Waals surface area (Å²) in [4.78, 5) is 27.0. The number of amides is 1. The molecule has 2 aliphatic rings. The number of benzene rings is 2. The van der Waals surface area contributed by atoms with Gasteiger partial charge in [-0.1, -0.05) is 30.2 Å². The minimum Gasteiger partial charge on any atom is -0.490 e. The Morgan fingerprint density at radius 1 is 1.29 bits per heavy atom. The molecule has 0 unspecified atom stereocenters. The highest BCUT2D eigenvalue weighted by molar-refractivity contribution is 6.06. The predicted octanol–water partition coefficient (Wildman–Crippen LogP) is 2.62. The van der Waals surface area contributed by atoms with Crippen molar-refractivity contribution in [1.29, 1.82) is 0 Å². The van der Waals surface area contributed by atoms with Gasteiger partial charge >= 0.3 is 0 Å². The fourth-order valence-electron chi connectivity index (χ4n) is 4.84. The molecule has 0 aromatic heterocycles. The zero-order chi connectivity index (χ0) is 22.2. The van der Waals surface area contributed by atoms with Gasteiger partial charge in [0.1, 0.15) is 6.61 Å². The van der Waals surface area contributed by atoms with Gasteiger partial charge in [0, 0.05) is 22.7 Å². The van der Waals surface area contributed by atoms with Gasteiger partial charge in [-0.05, 0) is 37.7 Å². The van der Waals surface area contributed by atoms with Crippen molar-refractivity contribution in [2.45, 2.75) is 24.4 Å². The average Bonchev–Trinajstić information content (AvgIpc) is 3.23. The summed E-state index contributed by atoms with van der Waals surface area (Å²) in [6.07, 6.45) is 5.28. The summed E-state index contributed by atoms with van der Waals surface area (Å²) in [5.41, 5.74) is 0.569. The van der Waals surface area contributed by atoms with Crippen LogP contribution in [0.2, 0.25) is 0 Å². The van der Waals surface area contributed by atoms with E-state index in [1.54, 1.807) is 54.4 Å². The number of anilines is 1. The number of ether oxygens (including phenoxy) is 2. The molecule has 3 atom stereocenters. The Balaban J connectivity index is 1.81. The summed E-state index contributed by atoms with van der Waals surface area (Å²) >= 11 is 0. The van der Waals surface area contributed by atoms with Crippen molar-refractivity contribution < 1.29 is 19.2 Å². The van der Waals surface area contributed by atoms with Crippen LogP contribution in [0.25, 0.3) is 0 Å². The van der Waals surface area contributed by atoms with E-state index in [2.05, 4.69) is 11.2 Å². The minimum atomic E-state index is -1.38. The summed E-state index contributed by atoms with van der Waals surface area (Å²) in [5, 5.41) is 15.2. The number of hydrogen-bond donors (Lipinski definition) is 1. The highest BCUT2D eigenvalue weighted by atomic mass is 16.6. The molecule has 1 fully saturated rings. The molecule has 0 radical (unpaired) electrons. The van der Waals surface area contributed by atoms with E-state index >= 15 is 0 Å². The minimum absolute atomic E-state index is 0.0865. The molecule has 1 N–H and O–H groups in total. The lowest BCUT2D eigenvalue weighted by molar-refractivity contribution is -0.534. The van der Waals surface area contributed by atoms with E-state index in [4.69, 9.17) is 15.9 Å². The molecule has 2 aromatic carbocycles. The number of rotatable bonds is 6. The van der Waals surface area contributed by atoms with Gasteiger partial charge in [0.25, 0.3) is 11.9 Å². The lowest BCUT2D eigenvalue weighted by Crippen LogP contribution is -2.54. The Bertz CT molecular complexity index is 1080. The van der Waals surface area contributed by atoms with Gasteiger partial charge in [-0.15, -0.1) is 6.42 Å². The fourth-order valence-corrected chi connectivity index (χ4v) is 4.84. The first-order chi connectivity index (χ1) is 14.9. The molecular formula is C23H23N3O5. The van der Waals surface area contributed by atoms with Gasteiger partial charge in [0.2, 0.25) is 0 Å². The molecule has 1 saturated heterocycles. The van der Waals surface area contributed by atoms with E-state index in [-0.39, 0.29) is 17.4 Å². The Morgan fingerprint density at radius 3 is 2.77 bits per heavy atom. The van der Waals surface area contributed by atoms with Crippen LogP contribution >= 0.6 is 0 Å². The maximum absolute atomic E-state index is 13.2. The van der Waals surface area contributed by atoms with Crippen LogP contribution in [-0.4, -0.2) is 48.6 Å². The van der Waals surface area contributed by atoms with E-state index in [1.165, 1.54) is 0 Å². The van der Waals surface area contributed by atoms with Crippen molar-refractivity contribution in [2.75, 3.05) is 32.1 Å². The van der Waals surface area contributed by atoms with Gasteiger partial charge < -0.3 is 14.8 Å². The molecule has 2 aromatic rings. The van der Waals surface area contributed by atoms with Crippen LogP contribution in [0.15, 0.2) is 42.5 Å².